The van der Waals surface area contributed by atoms with Gasteiger partial charge in [0.1, 0.15) is 11.4 Å². The van der Waals surface area contributed by atoms with Crippen LogP contribution in [0.3, 0.4) is 0 Å². The Balaban J connectivity index is 1.36. The Morgan fingerprint density at radius 1 is 0.974 bits per heavy atom. The maximum atomic E-state index is 14.1. The topological polar surface area (TPSA) is 106 Å². The monoisotopic (exact) mass is 536 g/mol. The number of rotatable bonds is 8. The fourth-order valence-corrected chi connectivity index (χ4v) is 5.67. The molecular weight excluding hydrogens is 511 g/mol. The van der Waals surface area contributed by atoms with E-state index in [-0.39, 0.29) is 41.6 Å². The summed E-state index contributed by atoms with van der Waals surface area (Å²) in [5, 5.41) is 3.61. The Morgan fingerprint density at radius 2 is 1.66 bits per heavy atom. The van der Waals surface area contributed by atoms with Crippen molar-refractivity contribution in [2.75, 3.05) is 38.2 Å². The second kappa shape index (κ2) is 10.5. The van der Waals surface area contributed by atoms with Gasteiger partial charge in [0, 0.05) is 29.6 Å². The number of carbonyl (C=O) groups excluding carboxylic acids is 2. The molecule has 10 heteroatoms. The molecule has 0 radical (unpaired) electrons. The number of fused-ring (bicyclic) bond motifs is 1. The minimum Gasteiger partial charge on any atom is -0.450 e. The number of carbonyl (C=O) groups is 2. The van der Waals surface area contributed by atoms with Crippen molar-refractivity contribution in [2.45, 2.75) is 11.8 Å². The summed E-state index contributed by atoms with van der Waals surface area (Å²) in [6, 6.07) is 16.9. The van der Waals surface area contributed by atoms with Gasteiger partial charge < -0.3 is 14.5 Å². The van der Waals surface area contributed by atoms with Crippen LogP contribution in [0.25, 0.3) is 11.0 Å². The number of benzene rings is 3. The molecule has 0 amide bonds. The number of aryl methyl sites for hydroxylation is 1. The van der Waals surface area contributed by atoms with Crippen molar-refractivity contribution in [3.05, 3.63) is 95.0 Å². The third-order valence-corrected chi connectivity index (χ3v) is 8.36. The molecule has 4 aromatic rings. The first-order valence-corrected chi connectivity index (χ1v) is 13.5. The molecule has 0 unspecified atom stereocenters. The third-order valence-electron chi connectivity index (χ3n) is 6.45. The lowest BCUT2D eigenvalue weighted by molar-refractivity contribution is 0.0730. The minimum absolute atomic E-state index is 0.0331. The molecule has 1 aliphatic rings. The molecule has 0 bridgehead atoms. The highest BCUT2D eigenvalue weighted by molar-refractivity contribution is 7.89. The van der Waals surface area contributed by atoms with E-state index in [1.807, 2.05) is 0 Å². The number of nitrogens with zero attached hydrogens (tertiary/aromatic N) is 1. The molecule has 0 aliphatic carbocycles. The Hall–Kier alpha value is -3.86. The molecule has 0 atom stereocenters. The van der Waals surface area contributed by atoms with Gasteiger partial charge >= 0.3 is 0 Å². The van der Waals surface area contributed by atoms with E-state index in [1.165, 1.54) is 40.7 Å². The average Bonchev–Trinajstić information content (AvgIpc) is 3.32. The smallest absolute Gasteiger partial charge is 0.243 e. The van der Waals surface area contributed by atoms with Crippen molar-refractivity contribution in [1.82, 2.24) is 4.31 Å². The van der Waals surface area contributed by atoms with Gasteiger partial charge in [-0.1, -0.05) is 24.3 Å². The summed E-state index contributed by atoms with van der Waals surface area (Å²) in [4.78, 5) is 26.3. The van der Waals surface area contributed by atoms with Crippen molar-refractivity contribution in [2.24, 2.45) is 0 Å². The lowest BCUT2D eigenvalue weighted by atomic mass is 10.0. The summed E-state index contributed by atoms with van der Waals surface area (Å²) in [6.07, 6.45) is 0. The van der Waals surface area contributed by atoms with Crippen LogP contribution in [0, 0.1) is 12.7 Å². The van der Waals surface area contributed by atoms with Crippen LogP contribution in [-0.4, -0.2) is 57.1 Å². The number of ether oxygens (including phenoxy) is 1. The highest BCUT2D eigenvalue weighted by Gasteiger charge is 2.27. The first-order chi connectivity index (χ1) is 18.3. The van der Waals surface area contributed by atoms with Gasteiger partial charge in [0.2, 0.25) is 15.8 Å². The fraction of sp³-hybridized carbons (Fsp3) is 0.214. The first-order valence-electron chi connectivity index (χ1n) is 12.0. The lowest BCUT2D eigenvalue weighted by Gasteiger charge is -2.26. The Morgan fingerprint density at radius 3 is 2.37 bits per heavy atom. The number of hydrogen-bond acceptors (Lipinski definition) is 7. The van der Waals surface area contributed by atoms with Crippen LogP contribution in [0.1, 0.15) is 32.0 Å². The molecule has 196 valence electrons. The molecule has 1 aliphatic heterocycles. The van der Waals surface area contributed by atoms with Crippen LogP contribution in [0.15, 0.2) is 76.0 Å². The van der Waals surface area contributed by atoms with E-state index in [4.69, 9.17) is 9.15 Å². The van der Waals surface area contributed by atoms with Gasteiger partial charge in [-0.25, -0.2) is 12.8 Å². The van der Waals surface area contributed by atoms with Crippen molar-refractivity contribution < 1.29 is 31.6 Å². The highest BCUT2D eigenvalue weighted by atomic mass is 32.2. The zero-order chi connectivity index (χ0) is 26.9. The van der Waals surface area contributed by atoms with Crippen molar-refractivity contribution >= 4 is 38.2 Å². The number of sulfonamides is 1. The number of para-hydroxylation sites is 1. The molecule has 2 heterocycles. The second-order valence-electron chi connectivity index (χ2n) is 8.91. The van der Waals surface area contributed by atoms with Crippen molar-refractivity contribution in [3.63, 3.8) is 0 Å². The highest BCUT2D eigenvalue weighted by Crippen LogP contribution is 2.33. The number of hydrogen-bond donors (Lipinski definition) is 1. The second-order valence-corrected chi connectivity index (χ2v) is 10.9. The van der Waals surface area contributed by atoms with E-state index in [9.17, 15) is 22.4 Å². The predicted molar refractivity (Wildman–Crippen MR) is 140 cm³/mol. The molecule has 0 saturated carbocycles. The van der Waals surface area contributed by atoms with Gasteiger partial charge in [0.05, 0.1) is 30.3 Å². The van der Waals surface area contributed by atoms with Gasteiger partial charge in [-0.2, -0.15) is 4.31 Å². The number of anilines is 1. The maximum Gasteiger partial charge on any atom is 0.243 e. The molecule has 1 aromatic heterocycles. The van der Waals surface area contributed by atoms with Crippen LogP contribution < -0.4 is 5.32 Å². The zero-order valence-electron chi connectivity index (χ0n) is 20.6. The summed E-state index contributed by atoms with van der Waals surface area (Å²) in [7, 11) is -3.67. The first kappa shape index (κ1) is 25.8. The van der Waals surface area contributed by atoms with E-state index in [2.05, 4.69) is 5.32 Å². The van der Waals surface area contributed by atoms with Crippen LogP contribution >= 0.6 is 0 Å². The predicted octanol–water partition coefficient (Wildman–Crippen LogP) is 4.43. The van der Waals surface area contributed by atoms with Crippen LogP contribution in [0.4, 0.5) is 10.1 Å². The Labute approximate surface area is 219 Å². The summed E-state index contributed by atoms with van der Waals surface area (Å²) in [6.45, 7) is 2.67. The molecule has 5 rings (SSSR count). The number of halogens is 1. The summed E-state index contributed by atoms with van der Waals surface area (Å²) in [5.41, 5.74) is 1.61. The third kappa shape index (κ3) is 4.98. The minimum atomic E-state index is -3.67. The summed E-state index contributed by atoms with van der Waals surface area (Å²) in [5.74, 6) is -1.37. The van der Waals surface area contributed by atoms with E-state index in [1.54, 1.807) is 31.2 Å². The molecule has 1 N–H and O–H groups in total. The van der Waals surface area contributed by atoms with Crippen molar-refractivity contribution in [1.29, 1.82) is 0 Å². The Bertz CT molecular complexity index is 1620. The zero-order valence-corrected chi connectivity index (χ0v) is 21.4. The SMILES string of the molecule is Cc1ccc(C(=O)c2oc3ccccc3c2NCC(=O)c2ccc(S(=O)(=O)N3CCOCC3)cc2)cc1F. The number of morpholine rings is 1. The average molecular weight is 537 g/mol. The fourth-order valence-electron chi connectivity index (χ4n) is 4.27. The quantitative estimate of drug-likeness (QED) is 0.332. The van der Waals surface area contributed by atoms with Crippen molar-refractivity contribution in [3.8, 4) is 0 Å². The maximum absolute atomic E-state index is 14.1. The number of nitrogens with one attached hydrogen (secondary N) is 1. The summed E-state index contributed by atoms with van der Waals surface area (Å²) >= 11 is 0. The molecule has 8 nitrogen and oxygen atoms in total. The molecule has 38 heavy (non-hydrogen) atoms. The largest absolute Gasteiger partial charge is 0.450 e. The van der Waals surface area contributed by atoms with Gasteiger partial charge in [-0.05, 0) is 55.0 Å². The van der Waals surface area contributed by atoms with Gasteiger partial charge in [-0.15, -0.1) is 0 Å². The molecular formula is C28H25FN2O6S. The molecule has 3 aromatic carbocycles. The van der Waals surface area contributed by atoms with E-state index < -0.39 is 21.6 Å². The van der Waals surface area contributed by atoms with Crippen LogP contribution in [0.5, 0.6) is 0 Å². The number of ketones is 2. The molecule has 1 fully saturated rings. The standard InChI is InChI=1S/C28H25FN2O6S/c1-18-6-7-20(16-23(18)29)27(33)28-26(22-4-2-3-5-25(22)37-28)30-17-24(32)19-8-10-21(11-9-19)38(34,35)31-12-14-36-15-13-31/h2-11,16,30H,12-15,17H2,1H3. The van der Waals surface area contributed by atoms with Gasteiger partial charge in [0.15, 0.2) is 11.5 Å². The van der Waals surface area contributed by atoms with Crippen LogP contribution in [-0.2, 0) is 14.8 Å². The van der Waals surface area contributed by atoms with Gasteiger partial charge in [-0.3, -0.25) is 9.59 Å². The van der Waals surface area contributed by atoms with E-state index in [0.717, 1.165) is 6.07 Å². The van der Waals surface area contributed by atoms with E-state index in [0.29, 0.717) is 41.0 Å². The molecule has 0 spiro atoms. The van der Waals surface area contributed by atoms with Crippen LogP contribution in [0.2, 0.25) is 0 Å². The number of furan rings is 1. The normalized spacial score (nSPS) is 14.5. The Kier molecular flexibility index (Phi) is 7.11. The van der Waals surface area contributed by atoms with Gasteiger partial charge in [0.25, 0.3) is 0 Å². The number of Topliss-reactive ketones (excluding diaryl/α,β-unsaturated/α-hetero) is 1. The molecule has 1 saturated heterocycles. The van der Waals surface area contributed by atoms with E-state index >= 15 is 0 Å². The lowest BCUT2D eigenvalue weighted by Crippen LogP contribution is -2.40. The summed E-state index contributed by atoms with van der Waals surface area (Å²) < 4.78 is 52.2.